The highest BCUT2D eigenvalue weighted by Gasteiger charge is 2.08. The van der Waals surface area contributed by atoms with Gasteiger partial charge in [0.15, 0.2) is 0 Å². The molecule has 2 aromatic rings. The Balaban J connectivity index is 2.23. The lowest BCUT2D eigenvalue weighted by atomic mass is 9.99. The standard InChI is InChI=1S/C22H25ClN4O2/c1-14(2)22(29)26-11-3-4-17-12-18(21(24)27-25)8-6-15(17)5-7-16-9-10-19(28)13-20(16)23/h6,8-10,12-14,28H,3-4,11,25H2,1-2H3,(H2,24,27)(H,26,29). The number of halogens is 1. The number of hydrogen-bond acceptors (Lipinski definition) is 4. The van der Waals surface area contributed by atoms with Gasteiger partial charge in [-0.3, -0.25) is 10.2 Å². The maximum absolute atomic E-state index is 11.7. The highest BCUT2D eigenvalue weighted by Crippen LogP contribution is 2.21. The molecule has 2 aromatic carbocycles. The van der Waals surface area contributed by atoms with E-state index in [4.69, 9.17) is 22.9 Å². The Kier molecular flexibility index (Phi) is 8.08. The van der Waals surface area contributed by atoms with Crippen LogP contribution in [0.15, 0.2) is 36.4 Å². The number of benzene rings is 2. The van der Waals surface area contributed by atoms with Gasteiger partial charge in [0.25, 0.3) is 0 Å². The molecule has 0 unspecified atom stereocenters. The van der Waals surface area contributed by atoms with Gasteiger partial charge in [-0.1, -0.05) is 37.3 Å². The molecule has 6 nitrogen and oxygen atoms in total. The molecule has 0 aromatic heterocycles. The van der Waals surface area contributed by atoms with Gasteiger partial charge in [0, 0.05) is 29.2 Å². The van der Waals surface area contributed by atoms with Gasteiger partial charge in [0.1, 0.15) is 11.6 Å². The van der Waals surface area contributed by atoms with Crippen LogP contribution in [0.4, 0.5) is 0 Å². The van der Waals surface area contributed by atoms with Gasteiger partial charge < -0.3 is 15.8 Å². The van der Waals surface area contributed by atoms with Crippen molar-refractivity contribution in [3.05, 3.63) is 63.7 Å². The minimum absolute atomic E-state index is 0.0230. The van der Waals surface area contributed by atoms with Crippen molar-refractivity contribution in [1.29, 1.82) is 5.41 Å². The Bertz CT molecular complexity index is 961. The quantitative estimate of drug-likeness (QED) is 0.125. The first-order chi connectivity index (χ1) is 13.8. The predicted molar refractivity (Wildman–Crippen MR) is 116 cm³/mol. The first-order valence-electron chi connectivity index (χ1n) is 9.28. The second-order valence-corrected chi connectivity index (χ2v) is 7.26. The third-order valence-corrected chi connectivity index (χ3v) is 4.58. The summed E-state index contributed by atoms with van der Waals surface area (Å²) in [5.74, 6) is 11.7. The zero-order valence-electron chi connectivity index (χ0n) is 16.5. The number of phenolic OH excluding ortho intramolecular Hbond substituents is 1. The van der Waals surface area contributed by atoms with E-state index in [0.717, 1.165) is 17.5 Å². The Hall–Kier alpha value is -3.01. The Morgan fingerprint density at radius 2 is 1.90 bits per heavy atom. The number of nitrogens with two attached hydrogens (primary N) is 1. The summed E-state index contributed by atoms with van der Waals surface area (Å²) in [5.41, 5.74) is 5.36. The summed E-state index contributed by atoms with van der Waals surface area (Å²) in [5, 5.41) is 20.6. The third-order valence-electron chi connectivity index (χ3n) is 4.27. The number of aromatic hydroxyl groups is 1. The lowest BCUT2D eigenvalue weighted by Gasteiger charge is -2.11. The summed E-state index contributed by atoms with van der Waals surface area (Å²) in [6, 6.07) is 10.1. The topological polar surface area (TPSA) is 111 Å². The SMILES string of the molecule is CC(C)C(=O)NCCCc1cc(C(=N)NN)ccc1C#Cc1ccc(O)cc1Cl. The minimum Gasteiger partial charge on any atom is -0.508 e. The molecule has 0 aliphatic heterocycles. The van der Waals surface area contributed by atoms with Crippen molar-refractivity contribution < 1.29 is 9.90 Å². The summed E-state index contributed by atoms with van der Waals surface area (Å²) in [6.45, 7) is 4.27. The average molecular weight is 413 g/mol. The molecule has 1 amide bonds. The number of amidine groups is 1. The number of hydrazine groups is 1. The highest BCUT2D eigenvalue weighted by atomic mass is 35.5. The highest BCUT2D eigenvalue weighted by molar-refractivity contribution is 6.31. The summed E-state index contributed by atoms with van der Waals surface area (Å²) in [6.07, 6.45) is 1.41. The van der Waals surface area contributed by atoms with E-state index < -0.39 is 0 Å². The molecule has 0 heterocycles. The summed E-state index contributed by atoms with van der Waals surface area (Å²) < 4.78 is 0. The van der Waals surface area contributed by atoms with Crippen LogP contribution in [-0.4, -0.2) is 23.4 Å². The molecule has 29 heavy (non-hydrogen) atoms. The number of hydrogen-bond donors (Lipinski definition) is 5. The molecule has 6 N–H and O–H groups in total. The fraction of sp³-hybridized carbons (Fsp3) is 0.273. The molecule has 0 saturated carbocycles. The van der Waals surface area contributed by atoms with Crippen LogP contribution in [-0.2, 0) is 11.2 Å². The van der Waals surface area contributed by atoms with Gasteiger partial charge in [-0.25, -0.2) is 5.84 Å². The second kappa shape index (κ2) is 10.5. The van der Waals surface area contributed by atoms with Gasteiger partial charge in [-0.15, -0.1) is 0 Å². The fourth-order valence-corrected chi connectivity index (χ4v) is 2.82. The van der Waals surface area contributed by atoms with E-state index in [1.54, 1.807) is 12.1 Å². The van der Waals surface area contributed by atoms with Crippen LogP contribution in [0.1, 0.15) is 42.5 Å². The lowest BCUT2D eigenvalue weighted by molar-refractivity contribution is -0.123. The van der Waals surface area contributed by atoms with Crippen molar-refractivity contribution in [3.8, 4) is 17.6 Å². The number of carbonyl (C=O) groups is 1. The summed E-state index contributed by atoms with van der Waals surface area (Å²) >= 11 is 6.13. The molecular weight excluding hydrogens is 388 g/mol. The molecule has 152 valence electrons. The maximum atomic E-state index is 11.7. The Morgan fingerprint density at radius 1 is 1.21 bits per heavy atom. The summed E-state index contributed by atoms with van der Waals surface area (Å²) in [7, 11) is 0. The van der Waals surface area contributed by atoms with Crippen LogP contribution in [0.5, 0.6) is 5.75 Å². The molecular formula is C22H25ClN4O2. The molecule has 0 fully saturated rings. The average Bonchev–Trinajstić information content (AvgIpc) is 2.70. The molecule has 0 atom stereocenters. The number of amides is 1. The van der Waals surface area contributed by atoms with Gasteiger partial charge >= 0.3 is 0 Å². The first kappa shape index (κ1) is 22.3. The van der Waals surface area contributed by atoms with Crippen molar-refractivity contribution >= 4 is 23.3 Å². The van der Waals surface area contributed by atoms with Gasteiger partial charge in [0.2, 0.25) is 5.91 Å². The van der Waals surface area contributed by atoms with E-state index in [1.165, 1.54) is 12.1 Å². The Morgan fingerprint density at radius 3 is 2.55 bits per heavy atom. The van der Waals surface area contributed by atoms with Crippen LogP contribution >= 0.6 is 11.6 Å². The molecule has 0 saturated heterocycles. The van der Waals surface area contributed by atoms with E-state index in [2.05, 4.69) is 22.6 Å². The van der Waals surface area contributed by atoms with E-state index >= 15 is 0 Å². The normalized spacial score (nSPS) is 10.2. The summed E-state index contributed by atoms with van der Waals surface area (Å²) in [4.78, 5) is 11.7. The molecule has 0 aliphatic rings. The molecule has 0 aliphatic carbocycles. The third kappa shape index (κ3) is 6.53. The zero-order chi connectivity index (χ0) is 21.4. The maximum Gasteiger partial charge on any atom is 0.222 e. The monoisotopic (exact) mass is 412 g/mol. The van der Waals surface area contributed by atoms with Gasteiger partial charge in [-0.05, 0) is 54.8 Å². The van der Waals surface area contributed by atoms with Crippen molar-refractivity contribution in [3.63, 3.8) is 0 Å². The van der Waals surface area contributed by atoms with E-state index in [0.29, 0.717) is 29.1 Å². The van der Waals surface area contributed by atoms with Crippen LogP contribution < -0.4 is 16.6 Å². The Labute approximate surface area is 175 Å². The molecule has 0 spiro atoms. The van der Waals surface area contributed by atoms with Crippen molar-refractivity contribution in [2.24, 2.45) is 11.8 Å². The van der Waals surface area contributed by atoms with Crippen LogP contribution in [0.25, 0.3) is 0 Å². The van der Waals surface area contributed by atoms with Crippen LogP contribution in [0.2, 0.25) is 5.02 Å². The number of nitrogens with one attached hydrogen (secondary N) is 3. The number of aryl methyl sites for hydroxylation is 1. The lowest BCUT2D eigenvalue weighted by Crippen LogP contribution is -2.30. The zero-order valence-corrected chi connectivity index (χ0v) is 17.2. The van der Waals surface area contributed by atoms with Crippen molar-refractivity contribution in [1.82, 2.24) is 10.7 Å². The van der Waals surface area contributed by atoms with Gasteiger partial charge in [-0.2, -0.15) is 0 Å². The smallest absolute Gasteiger partial charge is 0.222 e. The van der Waals surface area contributed by atoms with E-state index in [9.17, 15) is 9.90 Å². The largest absolute Gasteiger partial charge is 0.508 e. The number of rotatable bonds is 6. The number of phenols is 1. The van der Waals surface area contributed by atoms with E-state index in [1.807, 2.05) is 26.0 Å². The predicted octanol–water partition coefficient (Wildman–Crippen LogP) is 2.94. The molecule has 0 bridgehead atoms. The van der Waals surface area contributed by atoms with Crippen molar-refractivity contribution in [2.75, 3.05) is 6.54 Å². The second-order valence-electron chi connectivity index (χ2n) is 6.85. The number of carbonyl (C=O) groups excluding carboxylic acids is 1. The van der Waals surface area contributed by atoms with Crippen LogP contribution in [0, 0.1) is 23.2 Å². The van der Waals surface area contributed by atoms with E-state index in [-0.39, 0.29) is 23.4 Å². The van der Waals surface area contributed by atoms with Crippen LogP contribution in [0.3, 0.4) is 0 Å². The first-order valence-corrected chi connectivity index (χ1v) is 9.66. The molecule has 7 heteroatoms. The molecule has 0 radical (unpaired) electrons. The minimum atomic E-state index is -0.0501. The molecule has 2 rings (SSSR count). The van der Waals surface area contributed by atoms with Crippen molar-refractivity contribution in [2.45, 2.75) is 26.7 Å². The fourth-order valence-electron chi connectivity index (χ4n) is 2.60. The van der Waals surface area contributed by atoms with Gasteiger partial charge in [0.05, 0.1) is 5.02 Å².